The molecular weight excluding hydrogens is 256 g/mol. The average Bonchev–Trinajstić information content (AvgIpc) is 3.13. The molecule has 7 nitrogen and oxygen atoms in total. The second-order valence-electron chi connectivity index (χ2n) is 4.77. The van der Waals surface area contributed by atoms with Crippen molar-refractivity contribution >= 4 is 16.9 Å². The first kappa shape index (κ1) is 11.2. The summed E-state index contributed by atoms with van der Waals surface area (Å²) in [4.78, 5) is 14.5. The fraction of sp³-hybridized carbons (Fsp3) is 0.231. The minimum absolute atomic E-state index is 0.0167. The molecule has 7 heteroatoms. The molecule has 0 bridgehead atoms. The van der Waals surface area contributed by atoms with Crippen LogP contribution in [0.4, 0.5) is 0 Å². The molecule has 1 amide bonds. The summed E-state index contributed by atoms with van der Waals surface area (Å²) < 4.78 is 1.93. The summed E-state index contributed by atoms with van der Waals surface area (Å²) in [6.45, 7) is 1.96. The number of carbonyl (C=O) groups excluding carboxylic acids is 1. The normalized spacial score (nSPS) is 14.5. The maximum absolute atomic E-state index is 12.7. The van der Waals surface area contributed by atoms with Gasteiger partial charge in [-0.1, -0.05) is 6.07 Å². The van der Waals surface area contributed by atoms with E-state index in [1.54, 1.807) is 12.3 Å². The molecule has 0 atom stereocenters. The molecule has 0 radical (unpaired) electrons. The van der Waals surface area contributed by atoms with Crippen molar-refractivity contribution in [2.24, 2.45) is 0 Å². The molecule has 2 aromatic heterocycles. The Hall–Kier alpha value is -2.70. The largest absolute Gasteiger partial charge is 0.331 e. The van der Waals surface area contributed by atoms with Gasteiger partial charge in [-0.3, -0.25) is 9.48 Å². The van der Waals surface area contributed by atoms with Gasteiger partial charge in [0.15, 0.2) is 0 Å². The summed E-state index contributed by atoms with van der Waals surface area (Å²) in [5.41, 5.74) is 2.97. The molecule has 1 aliphatic heterocycles. The highest BCUT2D eigenvalue weighted by Gasteiger charge is 2.24. The zero-order valence-electron chi connectivity index (χ0n) is 10.7. The van der Waals surface area contributed by atoms with E-state index < -0.39 is 0 Å². The molecule has 0 spiro atoms. The van der Waals surface area contributed by atoms with Gasteiger partial charge in [-0.15, -0.1) is 0 Å². The minimum Gasteiger partial charge on any atom is -0.331 e. The van der Waals surface area contributed by atoms with E-state index in [9.17, 15) is 4.79 Å². The van der Waals surface area contributed by atoms with E-state index in [2.05, 4.69) is 20.5 Å². The van der Waals surface area contributed by atoms with Crippen LogP contribution in [0.3, 0.4) is 0 Å². The number of nitrogens with zero attached hydrogens (tertiary/aromatic N) is 5. The molecule has 3 heterocycles. The first-order valence-corrected chi connectivity index (χ1v) is 6.42. The number of benzene rings is 1. The first-order valence-electron chi connectivity index (χ1n) is 6.42. The molecule has 1 aromatic carbocycles. The third-order valence-electron chi connectivity index (χ3n) is 3.60. The molecule has 0 fully saturated rings. The standard InChI is InChI=1S/C13H12N6O/c20-13(10-2-1-3-11-12(10)16-17-15-11)18-6-7-19-9(8-18)4-5-14-19/h1-5H,6-8H2,(H,15,16,17). The SMILES string of the molecule is O=C(c1cccc2n[nH]nc12)N1CCn2nccc2C1. The number of aromatic nitrogens is 5. The van der Waals surface area contributed by atoms with E-state index >= 15 is 0 Å². The van der Waals surface area contributed by atoms with Gasteiger partial charge in [0, 0.05) is 12.7 Å². The van der Waals surface area contributed by atoms with Gasteiger partial charge in [0.1, 0.15) is 11.0 Å². The number of aromatic amines is 1. The topological polar surface area (TPSA) is 79.7 Å². The molecule has 1 N–H and O–H groups in total. The maximum atomic E-state index is 12.7. The molecule has 0 saturated heterocycles. The number of para-hydroxylation sites is 1. The fourth-order valence-corrected chi connectivity index (χ4v) is 2.57. The highest BCUT2D eigenvalue weighted by atomic mass is 16.2. The lowest BCUT2D eigenvalue weighted by Gasteiger charge is -2.27. The predicted octanol–water partition coefficient (Wildman–Crippen LogP) is 0.810. The highest BCUT2D eigenvalue weighted by Crippen LogP contribution is 2.19. The van der Waals surface area contributed by atoms with Crippen molar-refractivity contribution in [3.05, 3.63) is 41.7 Å². The van der Waals surface area contributed by atoms with Gasteiger partial charge in [0.25, 0.3) is 5.91 Å². The zero-order valence-corrected chi connectivity index (χ0v) is 10.7. The van der Waals surface area contributed by atoms with Gasteiger partial charge in [0.2, 0.25) is 0 Å². The third kappa shape index (κ3) is 1.59. The van der Waals surface area contributed by atoms with Crippen LogP contribution in [0.1, 0.15) is 16.1 Å². The predicted molar refractivity (Wildman–Crippen MR) is 70.9 cm³/mol. The number of H-pyrrole nitrogens is 1. The summed E-state index contributed by atoms with van der Waals surface area (Å²) in [5, 5.41) is 14.9. The second kappa shape index (κ2) is 4.16. The number of carbonyl (C=O) groups is 1. The molecule has 4 rings (SSSR count). The minimum atomic E-state index is -0.0167. The van der Waals surface area contributed by atoms with Crippen molar-refractivity contribution < 1.29 is 4.79 Å². The summed E-state index contributed by atoms with van der Waals surface area (Å²) >= 11 is 0. The van der Waals surface area contributed by atoms with Gasteiger partial charge < -0.3 is 4.90 Å². The van der Waals surface area contributed by atoms with E-state index in [0.717, 1.165) is 12.2 Å². The lowest BCUT2D eigenvalue weighted by atomic mass is 10.1. The molecule has 0 aliphatic carbocycles. The van der Waals surface area contributed by atoms with E-state index in [4.69, 9.17) is 0 Å². The van der Waals surface area contributed by atoms with Crippen LogP contribution < -0.4 is 0 Å². The number of nitrogens with one attached hydrogen (secondary N) is 1. The lowest BCUT2D eigenvalue weighted by molar-refractivity contribution is 0.0708. The smallest absolute Gasteiger partial charge is 0.256 e. The van der Waals surface area contributed by atoms with E-state index in [-0.39, 0.29) is 5.91 Å². The Morgan fingerprint density at radius 1 is 1.20 bits per heavy atom. The number of fused-ring (bicyclic) bond motifs is 2. The van der Waals surface area contributed by atoms with Gasteiger partial charge >= 0.3 is 0 Å². The Morgan fingerprint density at radius 2 is 2.15 bits per heavy atom. The number of amides is 1. The van der Waals surface area contributed by atoms with Crippen LogP contribution in [0.15, 0.2) is 30.5 Å². The number of hydrogen-bond acceptors (Lipinski definition) is 4. The summed E-state index contributed by atoms with van der Waals surface area (Å²) in [5.74, 6) is -0.0167. The summed E-state index contributed by atoms with van der Waals surface area (Å²) in [6, 6.07) is 7.39. The van der Waals surface area contributed by atoms with Gasteiger partial charge in [-0.05, 0) is 18.2 Å². The average molecular weight is 268 g/mol. The van der Waals surface area contributed by atoms with Crippen LogP contribution in [0.5, 0.6) is 0 Å². The zero-order chi connectivity index (χ0) is 13.5. The molecule has 3 aromatic rings. The highest BCUT2D eigenvalue weighted by molar-refractivity contribution is 6.04. The van der Waals surface area contributed by atoms with Crippen LogP contribution in [-0.4, -0.2) is 42.5 Å². The molecule has 0 unspecified atom stereocenters. The van der Waals surface area contributed by atoms with Crippen LogP contribution >= 0.6 is 0 Å². The van der Waals surface area contributed by atoms with Crippen molar-refractivity contribution in [1.29, 1.82) is 0 Å². The quantitative estimate of drug-likeness (QED) is 0.708. The summed E-state index contributed by atoms with van der Waals surface area (Å²) in [7, 11) is 0. The Balaban J connectivity index is 1.70. The number of hydrogen-bond donors (Lipinski definition) is 1. The van der Waals surface area contributed by atoms with Crippen molar-refractivity contribution in [2.75, 3.05) is 6.54 Å². The molecule has 20 heavy (non-hydrogen) atoms. The third-order valence-corrected chi connectivity index (χ3v) is 3.60. The van der Waals surface area contributed by atoms with Gasteiger partial charge in [-0.2, -0.15) is 20.5 Å². The van der Waals surface area contributed by atoms with Gasteiger partial charge in [0.05, 0.1) is 24.3 Å². The monoisotopic (exact) mass is 268 g/mol. The maximum Gasteiger partial charge on any atom is 0.256 e. The Labute approximate surface area is 114 Å². The van der Waals surface area contributed by atoms with Gasteiger partial charge in [-0.25, -0.2) is 0 Å². The van der Waals surface area contributed by atoms with Crippen molar-refractivity contribution in [3.8, 4) is 0 Å². The number of rotatable bonds is 1. The van der Waals surface area contributed by atoms with E-state index in [1.807, 2.05) is 27.8 Å². The lowest BCUT2D eigenvalue weighted by Crippen LogP contribution is -2.38. The Kier molecular flexibility index (Phi) is 2.32. The van der Waals surface area contributed by atoms with Crippen LogP contribution in [-0.2, 0) is 13.1 Å². The van der Waals surface area contributed by atoms with Crippen molar-refractivity contribution in [1.82, 2.24) is 30.1 Å². The molecular formula is C13H12N6O. The van der Waals surface area contributed by atoms with E-state index in [1.165, 1.54) is 0 Å². The molecule has 100 valence electrons. The Bertz CT molecular complexity index is 789. The van der Waals surface area contributed by atoms with Crippen molar-refractivity contribution in [3.63, 3.8) is 0 Å². The molecule has 0 saturated carbocycles. The fourth-order valence-electron chi connectivity index (χ4n) is 2.57. The second-order valence-corrected chi connectivity index (χ2v) is 4.77. The first-order chi connectivity index (χ1) is 9.83. The summed E-state index contributed by atoms with van der Waals surface area (Å²) in [6.07, 6.45) is 1.77. The Morgan fingerprint density at radius 3 is 3.10 bits per heavy atom. The molecule has 1 aliphatic rings. The van der Waals surface area contributed by atoms with E-state index in [0.29, 0.717) is 29.7 Å². The van der Waals surface area contributed by atoms with Crippen LogP contribution in [0.25, 0.3) is 11.0 Å². The van der Waals surface area contributed by atoms with Crippen LogP contribution in [0.2, 0.25) is 0 Å². The van der Waals surface area contributed by atoms with Crippen LogP contribution in [0, 0.1) is 0 Å². The van der Waals surface area contributed by atoms with Crippen molar-refractivity contribution in [2.45, 2.75) is 13.1 Å².